The Morgan fingerprint density at radius 3 is 2.30 bits per heavy atom. The normalized spacial score (nSPS) is 10.2. The Kier molecular flexibility index (Phi) is 6.48. The first-order chi connectivity index (χ1) is 11.3. The monoisotopic (exact) mass is 313 g/mol. The molecule has 0 heterocycles. The number of nitrogens with zero attached hydrogens (tertiary/aromatic N) is 1. The van der Waals surface area contributed by atoms with Crippen LogP contribution < -0.4 is 14.4 Å². The number of ether oxygens (including phenoxy) is 2. The van der Waals surface area contributed by atoms with Gasteiger partial charge in [-0.05, 0) is 30.7 Å². The van der Waals surface area contributed by atoms with Gasteiger partial charge in [-0.3, -0.25) is 4.79 Å². The highest BCUT2D eigenvalue weighted by molar-refractivity contribution is 5.94. The molecule has 2 aromatic rings. The van der Waals surface area contributed by atoms with Crippen molar-refractivity contribution in [3.8, 4) is 11.5 Å². The van der Waals surface area contributed by atoms with Gasteiger partial charge >= 0.3 is 0 Å². The highest BCUT2D eigenvalue weighted by Gasteiger charge is 2.16. The molecule has 0 fully saturated rings. The molecule has 2 rings (SSSR count). The van der Waals surface area contributed by atoms with Crippen LogP contribution in [-0.4, -0.2) is 26.2 Å². The van der Waals surface area contributed by atoms with Crippen molar-refractivity contribution in [1.29, 1.82) is 0 Å². The van der Waals surface area contributed by atoms with E-state index in [1.165, 1.54) is 0 Å². The minimum absolute atomic E-state index is 0.0149. The molecule has 4 heteroatoms. The number of amides is 1. The fourth-order valence-corrected chi connectivity index (χ4v) is 2.28. The van der Waals surface area contributed by atoms with Gasteiger partial charge in [0.05, 0.1) is 7.11 Å². The standard InChI is InChI=1S/C19H23NO3/c1-3-4-14-20(16-10-6-5-7-11-16)19(21)15-23-18-13-9-8-12-17(18)22-2/h5-13H,3-4,14-15H2,1-2H3. The predicted octanol–water partition coefficient (Wildman–Crippen LogP) is 3.91. The van der Waals surface area contributed by atoms with Crippen LogP contribution in [0.5, 0.6) is 11.5 Å². The molecule has 0 unspecified atom stereocenters. The van der Waals surface area contributed by atoms with Gasteiger partial charge in [-0.1, -0.05) is 43.7 Å². The molecule has 0 bridgehead atoms. The molecule has 0 radical (unpaired) electrons. The van der Waals surface area contributed by atoms with Gasteiger partial charge in [0.15, 0.2) is 18.1 Å². The second kappa shape index (κ2) is 8.83. The Labute approximate surface area is 137 Å². The van der Waals surface area contributed by atoms with Crippen LogP contribution in [0.1, 0.15) is 19.8 Å². The maximum absolute atomic E-state index is 12.6. The van der Waals surface area contributed by atoms with Crippen LogP contribution in [-0.2, 0) is 4.79 Å². The largest absolute Gasteiger partial charge is 0.493 e. The van der Waals surface area contributed by atoms with Crippen LogP contribution in [0.4, 0.5) is 5.69 Å². The molecule has 4 nitrogen and oxygen atoms in total. The zero-order valence-corrected chi connectivity index (χ0v) is 13.7. The molecule has 0 aliphatic rings. The maximum atomic E-state index is 12.6. The van der Waals surface area contributed by atoms with E-state index in [1.54, 1.807) is 18.1 Å². The number of carbonyl (C=O) groups is 1. The lowest BCUT2D eigenvalue weighted by atomic mass is 10.2. The SMILES string of the molecule is CCCCN(C(=O)COc1ccccc1OC)c1ccccc1. The van der Waals surface area contributed by atoms with Gasteiger partial charge in [0.2, 0.25) is 0 Å². The topological polar surface area (TPSA) is 38.8 Å². The van der Waals surface area contributed by atoms with Gasteiger partial charge in [0, 0.05) is 12.2 Å². The van der Waals surface area contributed by atoms with E-state index in [0.717, 1.165) is 18.5 Å². The smallest absolute Gasteiger partial charge is 0.264 e. The molecule has 2 aromatic carbocycles. The molecular formula is C19H23NO3. The lowest BCUT2D eigenvalue weighted by Gasteiger charge is -2.23. The van der Waals surface area contributed by atoms with Gasteiger partial charge in [0.1, 0.15) is 0 Å². The number of benzene rings is 2. The summed E-state index contributed by atoms with van der Waals surface area (Å²) in [5, 5.41) is 0. The van der Waals surface area contributed by atoms with E-state index in [-0.39, 0.29) is 12.5 Å². The van der Waals surface area contributed by atoms with Crippen molar-refractivity contribution in [2.45, 2.75) is 19.8 Å². The fraction of sp³-hybridized carbons (Fsp3) is 0.316. The summed E-state index contributed by atoms with van der Waals surface area (Å²) in [7, 11) is 1.58. The molecular weight excluding hydrogens is 290 g/mol. The summed E-state index contributed by atoms with van der Waals surface area (Å²) in [6.07, 6.45) is 1.99. The minimum Gasteiger partial charge on any atom is -0.493 e. The van der Waals surface area contributed by atoms with Gasteiger partial charge in [-0.15, -0.1) is 0 Å². The minimum atomic E-state index is -0.0597. The van der Waals surface area contributed by atoms with Crippen LogP contribution >= 0.6 is 0 Å². The van der Waals surface area contributed by atoms with E-state index >= 15 is 0 Å². The third kappa shape index (κ3) is 4.74. The predicted molar refractivity (Wildman–Crippen MR) is 92.2 cm³/mol. The van der Waals surface area contributed by atoms with Crippen LogP contribution in [0, 0.1) is 0 Å². The summed E-state index contributed by atoms with van der Waals surface area (Å²) in [5.74, 6) is 1.14. The highest BCUT2D eigenvalue weighted by Crippen LogP contribution is 2.26. The average molecular weight is 313 g/mol. The Morgan fingerprint density at radius 1 is 1.00 bits per heavy atom. The third-order valence-electron chi connectivity index (χ3n) is 3.52. The summed E-state index contributed by atoms with van der Waals surface area (Å²) in [5.41, 5.74) is 0.898. The van der Waals surface area contributed by atoms with Crippen molar-refractivity contribution in [2.24, 2.45) is 0 Å². The first-order valence-electron chi connectivity index (χ1n) is 7.87. The molecule has 0 saturated heterocycles. The van der Waals surface area contributed by atoms with Crippen molar-refractivity contribution in [3.05, 3.63) is 54.6 Å². The molecule has 0 atom stereocenters. The second-order valence-electron chi connectivity index (χ2n) is 5.17. The van der Waals surface area contributed by atoms with Gasteiger partial charge in [0.25, 0.3) is 5.91 Å². The number of rotatable bonds is 8. The van der Waals surface area contributed by atoms with E-state index in [9.17, 15) is 4.79 Å². The van der Waals surface area contributed by atoms with Crippen molar-refractivity contribution in [2.75, 3.05) is 25.2 Å². The Hall–Kier alpha value is -2.49. The highest BCUT2D eigenvalue weighted by atomic mass is 16.5. The zero-order valence-electron chi connectivity index (χ0n) is 13.7. The molecule has 23 heavy (non-hydrogen) atoms. The molecule has 122 valence electrons. The summed E-state index contributed by atoms with van der Waals surface area (Å²) < 4.78 is 10.9. The number of hydrogen-bond acceptors (Lipinski definition) is 3. The molecule has 0 spiro atoms. The van der Waals surface area contributed by atoms with E-state index in [1.807, 2.05) is 48.5 Å². The number of anilines is 1. The summed E-state index contributed by atoms with van der Waals surface area (Å²) >= 11 is 0. The number of para-hydroxylation sites is 3. The first-order valence-corrected chi connectivity index (χ1v) is 7.87. The van der Waals surface area contributed by atoms with E-state index in [0.29, 0.717) is 18.0 Å². The van der Waals surface area contributed by atoms with Crippen molar-refractivity contribution >= 4 is 11.6 Å². The summed E-state index contributed by atoms with van der Waals surface area (Å²) in [6.45, 7) is 2.78. The molecule has 0 aliphatic carbocycles. The van der Waals surface area contributed by atoms with Crippen molar-refractivity contribution in [3.63, 3.8) is 0 Å². The van der Waals surface area contributed by atoms with Crippen LogP contribution in [0.3, 0.4) is 0 Å². The maximum Gasteiger partial charge on any atom is 0.264 e. The number of hydrogen-bond donors (Lipinski definition) is 0. The van der Waals surface area contributed by atoms with Gasteiger partial charge in [-0.25, -0.2) is 0 Å². The number of unbranched alkanes of at least 4 members (excludes halogenated alkanes) is 1. The summed E-state index contributed by atoms with van der Waals surface area (Å²) in [4.78, 5) is 14.4. The first kappa shape index (κ1) is 16.9. The Bertz CT molecular complexity index is 613. The lowest BCUT2D eigenvalue weighted by Crippen LogP contribution is -2.35. The van der Waals surface area contributed by atoms with Gasteiger partial charge in [-0.2, -0.15) is 0 Å². The van der Waals surface area contributed by atoms with Crippen molar-refractivity contribution < 1.29 is 14.3 Å². The third-order valence-corrected chi connectivity index (χ3v) is 3.52. The van der Waals surface area contributed by atoms with Crippen LogP contribution in [0.15, 0.2) is 54.6 Å². The fourth-order valence-electron chi connectivity index (χ4n) is 2.28. The molecule has 0 saturated carbocycles. The quantitative estimate of drug-likeness (QED) is 0.742. The van der Waals surface area contributed by atoms with E-state index < -0.39 is 0 Å². The van der Waals surface area contributed by atoms with E-state index in [2.05, 4.69) is 6.92 Å². The number of methoxy groups -OCH3 is 1. The average Bonchev–Trinajstić information content (AvgIpc) is 2.61. The molecule has 0 aromatic heterocycles. The van der Waals surface area contributed by atoms with Crippen LogP contribution in [0.25, 0.3) is 0 Å². The Balaban J connectivity index is 2.06. The van der Waals surface area contributed by atoms with Crippen LogP contribution in [0.2, 0.25) is 0 Å². The molecule has 0 aliphatic heterocycles. The zero-order chi connectivity index (χ0) is 16.5. The van der Waals surface area contributed by atoms with Crippen molar-refractivity contribution in [1.82, 2.24) is 0 Å². The number of carbonyl (C=O) groups excluding carboxylic acids is 1. The van der Waals surface area contributed by atoms with Gasteiger partial charge < -0.3 is 14.4 Å². The summed E-state index contributed by atoms with van der Waals surface area (Å²) in [6, 6.07) is 17.0. The second-order valence-corrected chi connectivity index (χ2v) is 5.17. The lowest BCUT2D eigenvalue weighted by molar-refractivity contribution is -0.120. The molecule has 0 N–H and O–H groups in total. The van der Waals surface area contributed by atoms with E-state index in [4.69, 9.17) is 9.47 Å². The molecule has 1 amide bonds. The Morgan fingerprint density at radius 2 is 1.65 bits per heavy atom.